The zero-order valence-corrected chi connectivity index (χ0v) is 63.0. The summed E-state index contributed by atoms with van der Waals surface area (Å²) >= 11 is 0. The molecular formula is C77H94N6O18Si2. The Kier molecular flexibility index (Phi) is 28.0. The van der Waals surface area contributed by atoms with Crippen molar-refractivity contribution < 1.29 is 86.2 Å². The molecule has 12 rings (SSSR count). The number of nitrogens with one attached hydrogen (secondary N) is 1. The molecule has 3 atom stereocenters. The standard InChI is InChI=1S/C19H29NO4Si.C15H23NOSi.C13H10N2O2.C13H15NO4.C13H11NO4.C4H6O3/c1-19(2,3)25(5,6)24-13-15-11-14-9-7-8-10-16(14)20(15)12-17(21)18(22)23-4;1-15(2,3)18(4,5)17-11-13-10-12-8-6-7-9-14(12)16-13;1-17-13(16)11-8-15-10(7-14-11)6-9-4-2-3-5-12(9)15;2*1-18-13(17)12(16)7-14-10(8-15)6-9-4-2-3-5-11(9)14;1-6-4(5)3-2-7-3/h7-11,17,21H,12-13H2,1-6H3;6-10,16H,11H2,1-5H3;2-8H,1H3;2-6,12,15-16H,7-8H2,1H3;2-6,8H,7H2,1H3;3H,2H2,1H3. The summed E-state index contributed by atoms with van der Waals surface area (Å²) in [5.41, 5.74) is 9.20. The molecule has 11 aromatic rings. The predicted octanol–water partition coefficient (Wildman–Crippen LogP) is 12.1. The van der Waals surface area contributed by atoms with Crippen LogP contribution in [-0.4, -0.2) is 162 Å². The minimum absolute atomic E-state index is 0.0656. The van der Waals surface area contributed by atoms with E-state index in [1.807, 2.05) is 106 Å². The van der Waals surface area contributed by atoms with Crippen LogP contribution in [0.25, 0.3) is 60.0 Å². The lowest BCUT2D eigenvalue weighted by molar-refractivity contribution is -0.151. The number of aliphatic hydroxyl groups is 3. The Morgan fingerprint density at radius 1 is 0.583 bits per heavy atom. The number of ether oxygens (including phenoxy) is 6. The molecule has 1 aliphatic heterocycles. The first kappa shape index (κ1) is 80.4. The van der Waals surface area contributed by atoms with E-state index in [1.165, 1.54) is 49.6 Å². The van der Waals surface area contributed by atoms with Crippen LogP contribution in [-0.2, 0) is 101 Å². The van der Waals surface area contributed by atoms with Crippen LogP contribution in [0.2, 0.25) is 36.3 Å². The van der Waals surface area contributed by atoms with Crippen molar-refractivity contribution in [3.8, 4) is 0 Å². The molecule has 3 unspecified atom stereocenters. The van der Waals surface area contributed by atoms with E-state index in [9.17, 15) is 48.9 Å². The van der Waals surface area contributed by atoms with Gasteiger partial charge in [-0.25, -0.2) is 29.0 Å². The third-order valence-corrected chi connectivity index (χ3v) is 27.2. The maximum absolute atomic E-state index is 11.6. The van der Waals surface area contributed by atoms with Gasteiger partial charge in [0.25, 0.3) is 5.78 Å². The second-order valence-corrected chi connectivity index (χ2v) is 36.8. The molecule has 0 radical (unpaired) electrons. The van der Waals surface area contributed by atoms with Crippen LogP contribution in [0.5, 0.6) is 0 Å². The lowest BCUT2D eigenvalue weighted by Gasteiger charge is -2.36. The van der Waals surface area contributed by atoms with Gasteiger partial charge in [-0.3, -0.25) is 9.59 Å². The van der Waals surface area contributed by atoms with Gasteiger partial charge in [-0.05, 0) is 113 Å². The van der Waals surface area contributed by atoms with Gasteiger partial charge in [0.15, 0.2) is 46.9 Å². The summed E-state index contributed by atoms with van der Waals surface area (Å²) in [4.78, 5) is 85.6. The number of aliphatic hydroxyl groups excluding tert-OH is 3. The molecule has 0 aliphatic carbocycles. The second-order valence-electron chi connectivity index (χ2n) is 27.2. The minimum atomic E-state index is -1.90. The summed E-state index contributed by atoms with van der Waals surface area (Å²) in [7, 11) is 2.80. The molecule has 26 heteroatoms. The van der Waals surface area contributed by atoms with Crippen molar-refractivity contribution in [1.82, 2.24) is 28.1 Å². The zero-order chi connectivity index (χ0) is 75.6. The van der Waals surface area contributed by atoms with Gasteiger partial charge in [0, 0.05) is 56.1 Å². The van der Waals surface area contributed by atoms with Gasteiger partial charge in [0.1, 0.15) is 0 Å². The van der Waals surface area contributed by atoms with Crippen molar-refractivity contribution in [2.45, 2.75) is 136 Å². The second kappa shape index (κ2) is 35.8. The fourth-order valence-electron chi connectivity index (χ4n) is 10.2. The Labute approximate surface area is 600 Å². The van der Waals surface area contributed by atoms with Gasteiger partial charge in [-0.15, -0.1) is 0 Å². The third kappa shape index (κ3) is 20.9. The molecule has 1 aliphatic rings. The summed E-state index contributed by atoms with van der Waals surface area (Å²) in [6.07, 6.45) is 1.34. The number of aromatic nitrogens is 6. The fraction of sp³-hybridized carbons (Fsp3) is 0.351. The van der Waals surface area contributed by atoms with Crippen LogP contribution in [0.15, 0.2) is 164 Å². The number of ketones is 1. The van der Waals surface area contributed by atoms with Gasteiger partial charge in [-0.1, -0.05) is 133 Å². The number of methoxy groups -OCH3 is 5. The summed E-state index contributed by atoms with van der Waals surface area (Å²) in [5, 5.41) is 34.7. The Morgan fingerprint density at radius 2 is 1.04 bits per heavy atom. The van der Waals surface area contributed by atoms with Crippen molar-refractivity contribution in [2.75, 3.05) is 42.2 Å². The average molecular weight is 1450 g/mol. The molecule has 0 saturated carbocycles. The topological polar surface area (TPSA) is 305 Å². The molecule has 6 aromatic heterocycles. The minimum Gasteiger partial charge on any atom is -0.467 e. The van der Waals surface area contributed by atoms with E-state index in [2.05, 4.69) is 143 Å². The monoisotopic (exact) mass is 1450 g/mol. The van der Waals surface area contributed by atoms with E-state index >= 15 is 0 Å². The van der Waals surface area contributed by atoms with Crippen LogP contribution >= 0.6 is 0 Å². The number of epoxide rings is 1. The van der Waals surface area contributed by atoms with Crippen molar-refractivity contribution in [2.24, 2.45) is 0 Å². The number of para-hydroxylation sites is 5. The van der Waals surface area contributed by atoms with Gasteiger partial charge in [-0.2, -0.15) is 0 Å². The number of carbonyl (C=O) groups is 7. The molecule has 0 spiro atoms. The lowest BCUT2D eigenvalue weighted by atomic mass is 10.2. The number of nitrogens with zero attached hydrogens (tertiary/aromatic N) is 5. The van der Waals surface area contributed by atoms with Crippen LogP contribution in [0.4, 0.5) is 0 Å². The Bertz CT molecular complexity index is 4700. The van der Waals surface area contributed by atoms with Crippen LogP contribution in [0.1, 0.15) is 79.6 Å². The molecule has 103 heavy (non-hydrogen) atoms. The van der Waals surface area contributed by atoms with E-state index in [4.69, 9.17) is 8.85 Å². The number of hydrogen-bond acceptors (Lipinski definition) is 19. The summed E-state index contributed by atoms with van der Waals surface area (Å²) < 4.78 is 46.7. The number of hydrogen-bond donors (Lipinski definition) is 4. The summed E-state index contributed by atoms with van der Waals surface area (Å²) in [5.74, 6) is -3.61. The molecule has 7 heterocycles. The number of aromatic amines is 1. The van der Waals surface area contributed by atoms with E-state index in [0.29, 0.717) is 43.2 Å². The normalized spacial score (nSPS) is 13.3. The first-order chi connectivity index (χ1) is 48.8. The molecule has 0 bridgehead atoms. The van der Waals surface area contributed by atoms with Crippen LogP contribution in [0, 0.1) is 0 Å². The lowest BCUT2D eigenvalue weighted by Crippen LogP contribution is -2.40. The number of aldehydes is 1. The highest BCUT2D eigenvalue weighted by molar-refractivity contribution is 6.74. The van der Waals surface area contributed by atoms with Gasteiger partial charge < -0.3 is 75.7 Å². The molecule has 4 N–H and O–H groups in total. The van der Waals surface area contributed by atoms with Crippen LogP contribution < -0.4 is 0 Å². The van der Waals surface area contributed by atoms with E-state index in [0.717, 1.165) is 61.9 Å². The van der Waals surface area contributed by atoms with Crippen molar-refractivity contribution in [3.63, 3.8) is 0 Å². The number of Topliss-reactive ketones (excluding diaryl/α,β-unsaturated/α-hetero) is 1. The quantitative estimate of drug-likeness (QED) is 0.0146. The molecule has 24 nitrogen and oxygen atoms in total. The highest BCUT2D eigenvalue weighted by atomic mass is 28.4. The first-order valence-electron chi connectivity index (χ1n) is 33.2. The number of H-pyrrole nitrogens is 1. The molecule has 0 amide bonds. The Balaban J connectivity index is 0.000000177. The fourth-order valence-corrected chi connectivity index (χ4v) is 12.1. The van der Waals surface area contributed by atoms with Gasteiger partial charge in [0.05, 0.1) is 105 Å². The molecular weight excluding hydrogens is 1350 g/mol. The van der Waals surface area contributed by atoms with Gasteiger partial charge in [0.2, 0.25) is 0 Å². The highest BCUT2D eigenvalue weighted by Gasteiger charge is 2.39. The Hall–Kier alpha value is -9.91. The number of benzene rings is 5. The number of esters is 5. The number of rotatable bonds is 19. The van der Waals surface area contributed by atoms with E-state index < -0.39 is 58.5 Å². The Morgan fingerprint density at radius 3 is 1.50 bits per heavy atom. The predicted molar refractivity (Wildman–Crippen MR) is 398 cm³/mol. The van der Waals surface area contributed by atoms with Crippen molar-refractivity contribution in [1.29, 1.82) is 0 Å². The van der Waals surface area contributed by atoms with Crippen molar-refractivity contribution in [3.05, 3.63) is 193 Å². The van der Waals surface area contributed by atoms with E-state index in [-0.39, 0.29) is 48.4 Å². The van der Waals surface area contributed by atoms with Gasteiger partial charge >= 0.3 is 29.8 Å². The maximum Gasteiger partial charge on any atom is 0.376 e. The average Bonchev–Trinajstić information content (AvgIpc) is 1.67. The third-order valence-electron chi connectivity index (χ3n) is 18.2. The number of fused-ring (bicyclic) bond motifs is 7. The molecule has 5 aromatic carbocycles. The number of carbonyl (C=O) groups excluding carboxylic acids is 7. The SMILES string of the molecule is CC(C)(C)[Si](C)(C)OCc1cc2ccccc2[nH]1.COC(=O)C(=O)Cn1c(C=O)cc2ccccc21.COC(=O)C(O)Cn1c(CO)cc2ccccc21.COC(=O)C(O)Cn1c(CO[Si](C)(C)C(C)(C)C)cc2ccccc21.COC(=O)C1CO1.COC(=O)c1cn2c(cn1)cc1ccccc12. The van der Waals surface area contributed by atoms with Crippen LogP contribution in [0.3, 0.4) is 0 Å². The molecule has 1 fully saturated rings. The summed E-state index contributed by atoms with van der Waals surface area (Å²) in [6.45, 7) is 24.0. The molecule has 548 valence electrons. The van der Waals surface area contributed by atoms with Crippen molar-refractivity contribution >= 4 is 119 Å². The first-order valence-corrected chi connectivity index (χ1v) is 39.1. The summed E-state index contributed by atoms with van der Waals surface area (Å²) in [6, 6.07) is 48.8. The largest absolute Gasteiger partial charge is 0.467 e. The highest BCUT2D eigenvalue weighted by Crippen LogP contribution is 2.39. The smallest absolute Gasteiger partial charge is 0.376 e. The zero-order valence-electron chi connectivity index (χ0n) is 61.0. The van der Waals surface area contributed by atoms with E-state index in [1.54, 1.807) is 35.2 Å². The molecule has 1 saturated heterocycles. The maximum atomic E-state index is 11.6.